The summed E-state index contributed by atoms with van der Waals surface area (Å²) in [5, 5.41) is 10.5. The van der Waals surface area contributed by atoms with Crippen LogP contribution in [0.1, 0.15) is 50.8 Å². The number of morpholine rings is 1. The average Bonchev–Trinajstić information content (AvgIpc) is 2.48. The van der Waals surface area contributed by atoms with Crippen molar-refractivity contribution >= 4 is 0 Å². The first-order valence-electron chi connectivity index (χ1n) is 8.26. The summed E-state index contributed by atoms with van der Waals surface area (Å²) >= 11 is 0. The molecule has 1 aromatic carbocycles. The molecule has 3 heteroatoms. The molecular weight excluding hydrogens is 262 g/mol. The van der Waals surface area contributed by atoms with E-state index < -0.39 is 6.10 Å². The van der Waals surface area contributed by atoms with Crippen molar-refractivity contribution in [1.29, 1.82) is 0 Å². The van der Waals surface area contributed by atoms with Crippen molar-refractivity contribution in [3.8, 4) is 0 Å². The lowest BCUT2D eigenvalue weighted by molar-refractivity contribution is -0.0681. The van der Waals surface area contributed by atoms with Gasteiger partial charge >= 0.3 is 0 Å². The molecule has 2 rings (SSSR count). The average molecular weight is 291 g/mol. The van der Waals surface area contributed by atoms with E-state index in [0.717, 1.165) is 38.0 Å². The van der Waals surface area contributed by atoms with Crippen molar-refractivity contribution in [1.82, 2.24) is 4.90 Å². The topological polar surface area (TPSA) is 32.7 Å². The predicted octanol–water partition coefficient (Wildman–Crippen LogP) is 3.17. The van der Waals surface area contributed by atoms with Crippen molar-refractivity contribution in [3.63, 3.8) is 0 Å². The minimum atomic E-state index is -0.417. The van der Waals surface area contributed by atoms with Crippen LogP contribution in [0.3, 0.4) is 0 Å². The standard InChI is InChI=1S/C18H29NO2/c1-4-6-15-7-9-16(10-8-15)18(20)12-19-11-14(3)21-13-17(19)5-2/h7-10,14,17-18,20H,4-6,11-13H2,1-3H3. The third-order valence-electron chi connectivity index (χ3n) is 4.36. The van der Waals surface area contributed by atoms with Crippen LogP contribution in [0.15, 0.2) is 24.3 Å². The lowest BCUT2D eigenvalue weighted by Gasteiger charge is -2.39. The minimum Gasteiger partial charge on any atom is -0.387 e. The highest BCUT2D eigenvalue weighted by Crippen LogP contribution is 2.21. The molecule has 3 atom stereocenters. The quantitative estimate of drug-likeness (QED) is 0.874. The minimum absolute atomic E-state index is 0.256. The molecule has 1 aliphatic heterocycles. The number of hydrogen-bond donors (Lipinski definition) is 1. The van der Waals surface area contributed by atoms with Crippen LogP contribution in [0.2, 0.25) is 0 Å². The molecule has 1 aliphatic rings. The van der Waals surface area contributed by atoms with Gasteiger partial charge in [-0.25, -0.2) is 0 Å². The highest BCUT2D eigenvalue weighted by atomic mass is 16.5. The highest BCUT2D eigenvalue weighted by Gasteiger charge is 2.27. The van der Waals surface area contributed by atoms with Gasteiger partial charge in [0.15, 0.2) is 0 Å². The summed E-state index contributed by atoms with van der Waals surface area (Å²) in [4.78, 5) is 2.37. The fraction of sp³-hybridized carbons (Fsp3) is 0.667. The van der Waals surface area contributed by atoms with E-state index >= 15 is 0 Å². The summed E-state index contributed by atoms with van der Waals surface area (Å²) in [5.41, 5.74) is 2.36. The number of hydrogen-bond acceptors (Lipinski definition) is 3. The number of nitrogens with zero attached hydrogens (tertiary/aromatic N) is 1. The molecule has 118 valence electrons. The summed E-state index contributed by atoms with van der Waals surface area (Å²) in [6.07, 6.45) is 3.17. The number of aryl methyl sites for hydroxylation is 1. The fourth-order valence-corrected chi connectivity index (χ4v) is 3.04. The van der Waals surface area contributed by atoms with E-state index in [1.54, 1.807) is 0 Å². The zero-order valence-electron chi connectivity index (χ0n) is 13.6. The van der Waals surface area contributed by atoms with Gasteiger partial charge in [0.2, 0.25) is 0 Å². The molecule has 1 aromatic rings. The van der Waals surface area contributed by atoms with Crippen LogP contribution in [0.4, 0.5) is 0 Å². The molecule has 3 nitrogen and oxygen atoms in total. The third-order valence-corrected chi connectivity index (χ3v) is 4.36. The molecule has 1 heterocycles. The van der Waals surface area contributed by atoms with Crippen LogP contribution in [0, 0.1) is 0 Å². The zero-order chi connectivity index (χ0) is 15.2. The summed E-state index contributed by atoms with van der Waals surface area (Å²) in [6.45, 7) is 8.85. The van der Waals surface area contributed by atoms with Crippen molar-refractivity contribution in [2.75, 3.05) is 19.7 Å². The van der Waals surface area contributed by atoms with Gasteiger partial charge in [-0.3, -0.25) is 4.90 Å². The van der Waals surface area contributed by atoms with Crippen LogP contribution >= 0.6 is 0 Å². The Morgan fingerprint density at radius 2 is 2.00 bits per heavy atom. The summed E-state index contributed by atoms with van der Waals surface area (Å²) in [7, 11) is 0. The Morgan fingerprint density at radius 3 is 2.62 bits per heavy atom. The third kappa shape index (κ3) is 4.53. The number of ether oxygens (including phenoxy) is 1. The Labute approximate surface area is 128 Å². The lowest BCUT2D eigenvalue weighted by Crippen LogP contribution is -2.49. The molecule has 0 radical (unpaired) electrons. The van der Waals surface area contributed by atoms with E-state index in [1.807, 2.05) is 0 Å². The van der Waals surface area contributed by atoms with Crippen LogP contribution < -0.4 is 0 Å². The summed E-state index contributed by atoms with van der Waals surface area (Å²) < 4.78 is 5.72. The van der Waals surface area contributed by atoms with Crippen molar-refractivity contribution in [2.24, 2.45) is 0 Å². The van der Waals surface area contributed by atoms with Crippen LogP contribution in [0.25, 0.3) is 0 Å². The van der Waals surface area contributed by atoms with E-state index in [-0.39, 0.29) is 6.10 Å². The molecule has 0 aromatic heterocycles. The molecule has 1 fully saturated rings. The van der Waals surface area contributed by atoms with Gasteiger partial charge in [-0.2, -0.15) is 0 Å². The Morgan fingerprint density at radius 1 is 1.29 bits per heavy atom. The van der Waals surface area contributed by atoms with E-state index in [4.69, 9.17) is 4.74 Å². The van der Waals surface area contributed by atoms with E-state index in [9.17, 15) is 5.11 Å². The second-order valence-electron chi connectivity index (χ2n) is 6.17. The fourth-order valence-electron chi connectivity index (χ4n) is 3.04. The maximum Gasteiger partial charge on any atom is 0.0917 e. The number of rotatable bonds is 6. The molecule has 1 N–H and O–H groups in total. The zero-order valence-corrected chi connectivity index (χ0v) is 13.6. The molecule has 3 unspecified atom stereocenters. The molecule has 1 saturated heterocycles. The first-order valence-corrected chi connectivity index (χ1v) is 8.26. The number of benzene rings is 1. The van der Waals surface area contributed by atoms with Crippen LogP contribution in [-0.4, -0.2) is 41.8 Å². The summed E-state index contributed by atoms with van der Waals surface area (Å²) in [6, 6.07) is 8.85. The molecule has 0 saturated carbocycles. The SMILES string of the molecule is CCCc1ccc(C(O)CN2CC(C)OCC2CC)cc1. The van der Waals surface area contributed by atoms with Crippen LogP contribution in [0.5, 0.6) is 0 Å². The van der Waals surface area contributed by atoms with Gasteiger partial charge in [0.05, 0.1) is 18.8 Å². The molecule has 0 amide bonds. The van der Waals surface area contributed by atoms with Crippen molar-refractivity contribution in [3.05, 3.63) is 35.4 Å². The van der Waals surface area contributed by atoms with E-state index in [1.165, 1.54) is 5.56 Å². The first kappa shape index (κ1) is 16.5. The van der Waals surface area contributed by atoms with Crippen molar-refractivity contribution < 1.29 is 9.84 Å². The molecule has 0 bridgehead atoms. The first-order chi connectivity index (χ1) is 10.1. The Hall–Kier alpha value is -0.900. The van der Waals surface area contributed by atoms with E-state index in [2.05, 4.69) is 49.9 Å². The second-order valence-corrected chi connectivity index (χ2v) is 6.17. The lowest BCUT2D eigenvalue weighted by atomic mass is 10.0. The Kier molecular flexibility index (Phi) is 6.22. The monoisotopic (exact) mass is 291 g/mol. The van der Waals surface area contributed by atoms with Crippen LogP contribution in [-0.2, 0) is 11.2 Å². The maximum atomic E-state index is 10.5. The normalized spacial score (nSPS) is 25.0. The number of β-amino-alcohol motifs (C(OH)–C–C–N with tert-alkyl or cyclic N) is 1. The largest absolute Gasteiger partial charge is 0.387 e. The van der Waals surface area contributed by atoms with Gasteiger partial charge in [0.1, 0.15) is 0 Å². The molecule has 0 aliphatic carbocycles. The van der Waals surface area contributed by atoms with E-state index in [0.29, 0.717) is 12.6 Å². The van der Waals surface area contributed by atoms with Gasteiger partial charge in [-0.1, -0.05) is 44.5 Å². The molecular formula is C18H29NO2. The van der Waals surface area contributed by atoms with Crippen molar-refractivity contribution in [2.45, 2.75) is 58.3 Å². The number of aliphatic hydroxyl groups is 1. The van der Waals surface area contributed by atoms with Gasteiger partial charge in [0, 0.05) is 19.1 Å². The molecule has 0 spiro atoms. The smallest absolute Gasteiger partial charge is 0.0917 e. The Balaban J connectivity index is 1.97. The van der Waals surface area contributed by atoms with Gasteiger partial charge in [0.25, 0.3) is 0 Å². The Bertz CT molecular complexity index is 418. The highest BCUT2D eigenvalue weighted by molar-refractivity contribution is 5.24. The maximum absolute atomic E-state index is 10.5. The second kappa shape index (κ2) is 7.92. The molecule has 21 heavy (non-hydrogen) atoms. The van der Waals surface area contributed by atoms with Gasteiger partial charge < -0.3 is 9.84 Å². The van der Waals surface area contributed by atoms with Gasteiger partial charge in [-0.05, 0) is 30.9 Å². The number of aliphatic hydroxyl groups excluding tert-OH is 1. The van der Waals surface area contributed by atoms with Gasteiger partial charge in [-0.15, -0.1) is 0 Å². The predicted molar refractivity (Wildman–Crippen MR) is 86.5 cm³/mol. The summed E-state index contributed by atoms with van der Waals surface area (Å²) in [5.74, 6) is 0.